The molecule has 1 N–H and O–H groups in total. The lowest BCUT2D eigenvalue weighted by Gasteiger charge is -2.22. The third-order valence-electron chi connectivity index (χ3n) is 4.69. The number of nitrogens with one attached hydrogen (secondary N) is 1. The summed E-state index contributed by atoms with van der Waals surface area (Å²) in [6.07, 6.45) is 3.93. The first kappa shape index (κ1) is 13.5. The molecule has 1 aromatic rings. The highest BCUT2D eigenvalue weighted by Gasteiger charge is 2.31. The summed E-state index contributed by atoms with van der Waals surface area (Å²) in [5, 5.41) is 11.6. The fourth-order valence-corrected chi connectivity index (χ4v) is 3.08. The molecule has 3 heterocycles. The first-order valence-corrected chi connectivity index (χ1v) is 7.57. The van der Waals surface area contributed by atoms with Gasteiger partial charge in [-0.25, -0.2) is 4.68 Å². The van der Waals surface area contributed by atoms with E-state index in [9.17, 15) is 4.79 Å². The molecule has 2 aliphatic rings. The van der Waals surface area contributed by atoms with Crippen LogP contribution >= 0.6 is 0 Å². The molecule has 3 rings (SSSR count). The fourth-order valence-electron chi connectivity index (χ4n) is 3.08. The highest BCUT2D eigenvalue weighted by atomic mass is 16.2. The molecule has 0 spiro atoms. The van der Waals surface area contributed by atoms with E-state index in [1.807, 2.05) is 15.8 Å². The Balaban J connectivity index is 1.68. The van der Waals surface area contributed by atoms with Crippen molar-refractivity contribution in [2.24, 2.45) is 11.8 Å². The maximum absolute atomic E-state index is 12.4. The van der Waals surface area contributed by atoms with Gasteiger partial charge in [-0.3, -0.25) is 4.79 Å². The molecule has 2 fully saturated rings. The summed E-state index contributed by atoms with van der Waals surface area (Å²) < 4.78 is 1.87. The second-order valence-electron chi connectivity index (χ2n) is 6.23. The Morgan fingerprint density at radius 2 is 1.90 bits per heavy atom. The number of likely N-dealkylation sites (tertiary alicyclic amines) is 1. The van der Waals surface area contributed by atoms with Crippen molar-refractivity contribution < 1.29 is 4.79 Å². The van der Waals surface area contributed by atoms with Gasteiger partial charge in [-0.1, -0.05) is 19.1 Å². The van der Waals surface area contributed by atoms with E-state index in [0.29, 0.717) is 23.6 Å². The number of amides is 1. The Kier molecular flexibility index (Phi) is 3.74. The fraction of sp³-hybridized carbons (Fsp3) is 0.786. The smallest absolute Gasteiger partial charge is 0.276 e. The molecule has 2 atom stereocenters. The predicted octanol–water partition coefficient (Wildman–Crippen LogP) is 0.931. The van der Waals surface area contributed by atoms with Gasteiger partial charge in [0.05, 0.1) is 12.2 Å². The number of rotatable bonds is 2. The number of hydrogen-bond acceptors (Lipinski definition) is 4. The molecular formula is C14H23N5O. The monoisotopic (exact) mass is 277 g/mol. The molecular weight excluding hydrogens is 254 g/mol. The molecule has 2 unspecified atom stereocenters. The molecule has 110 valence electrons. The zero-order valence-corrected chi connectivity index (χ0v) is 12.2. The maximum atomic E-state index is 12.4. The third-order valence-corrected chi connectivity index (χ3v) is 4.69. The van der Waals surface area contributed by atoms with Crippen LogP contribution in [0, 0.1) is 11.8 Å². The van der Waals surface area contributed by atoms with Gasteiger partial charge in [-0.2, -0.15) is 0 Å². The van der Waals surface area contributed by atoms with Crippen LogP contribution in [0.1, 0.15) is 43.2 Å². The zero-order valence-electron chi connectivity index (χ0n) is 12.2. The van der Waals surface area contributed by atoms with Gasteiger partial charge in [0, 0.05) is 13.1 Å². The minimum atomic E-state index is 0.0291. The molecule has 0 saturated carbocycles. The zero-order chi connectivity index (χ0) is 14.1. The maximum Gasteiger partial charge on any atom is 0.276 e. The minimum Gasteiger partial charge on any atom is -0.337 e. The van der Waals surface area contributed by atoms with Crippen LogP contribution in [0.15, 0.2) is 6.20 Å². The van der Waals surface area contributed by atoms with E-state index in [-0.39, 0.29) is 5.91 Å². The van der Waals surface area contributed by atoms with E-state index in [0.717, 1.165) is 39.0 Å². The normalized spacial score (nSPS) is 28.0. The largest absolute Gasteiger partial charge is 0.337 e. The summed E-state index contributed by atoms with van der Waals surface area (Å²) in [5.41, 5.74) is 0.491. The van der Waals surface area contributed by atoms with Crippen LogP contribution in [-0.2, 0) is 0 Å². The van der Waals surface area contributed by atoms with Gasteiger partial charge in [-0.15, -0.1) is 5.10 Å². The summed E-state index contributed by atoms with van der Waals surface area (Å²) in [4.78, 5) is 14.3. The van der Waals surface area contributed by atoms with Crippen molar-refractivity contribution in [2.75, 3.05) is 26.2 Å². The van der Waals surface area contributed by atoms with Crippen molar-refractivity contribution in [1.29, 1.82) is 0 Å². The lowest BCUT2D eigenvalue weighted by atomic mass is 10.0. The second kappa shape index (κ2) is 5.52. The summed E-state index contributed by atoms with van der Waals surface area (Å²) in [7, 11) is 0. The topological polar surface area (TPSA) is 63.1 Å². The minimum absolute atomic E-state index is 0.0291. The van der Waals surface area contributed by atoms with E-state index in [1.54, 1.807) is 0 Å². The van der Waals surface area contributed by atoms with E-state index in [1.165, 1.54) is 0 Å². The van der Waals surface area contributed by atoms with Crippen LogP contribution in [0.2, 0.25) is 0 Å². The summed E-state index contributed by atoms with van der Waals surface area (Å²) in [6.45, 7) is 8.08. The van der Waals surface area contributed by atoms with E-state index in [2.05, 4.69) is 29.5 Å². The number of carbonyl (C=O) groups is 1. The van der Waals surface area contributed by atoms with Crippen LogP contribution in [0.25, 0.3) is 0 Å². The van der Waals surface area contributed by atoms with Gasteiger partial charge in [0.2, 0.25) is 0 Å². The Bertz CT molecular complexity index is 470. The van der Waals surface area contributed by atoms with Crippen molar-refractivity contribution >= 4 is 5.91 Å². The number of hydrogen-bond donors (Lipinski definition) is 1. The van der Waals surface area contributed by atoms with E-state index >= 15 is 0 Å². The van der Waals surface area contributed by atoms with Crippen molar-refractivity contribution in [2.45, 2.75) is 32.7 Å². The molecule has 1 aromatic heterocycles. The molecule has 20 heavy (non-hydrogen) atoms. The van der Waals surface area contributed by atoms with Crippen molar-refractivity contribution in [3.05, 3.63) is 11.9 Å². The van der Waals surface area contributed by atoms with Crippen molar-refractivity contribution in [1.82, 2.24) is 25.2 Å². The van der Waals surface area contributed by atoms with Crippen LogP contribution in [0.5, 0.6) is 0 Å². The Morgan fingerprint density at radius 1 is 1.25 bits per heavy atom. The highest BCUT2D eigenvalue weighted by Crippen LogP contribution is 2.24. The van der Waals surface area contributed by atoms with Crippen LogP contribution in [0.3, 0.4) is 0 Å². The molecule has 0 bridgehead atoms. The number of carbonyl (C=O) groups excluding carboxylic acids is 1. The van der Waals surface area contributed by atoms with E-state index < -0.39 is 0 Å². The number of nitrogens with zero attached hydrogens (tertiary/aromatic N) is 4. The third kappa shape index (κ3) is 2.57. The molecule has 2 saturated heterocycles. The van der Waals surface area contributed by atoms with Gasteiger partial charge in [-0.05, 0) is 37.8 Å². The van der Waals surface area contributed by atoms with Gasteiger partial charge in [0.25, 0.3) is 5.91 Å². The first-order chi connectivity index (χ1) is 9.65. The van der Waals surface area contributed by atoms with Gasteiger partial charge >= 0.3 is 0 Å². The number of aromatic nitrogens is 3. The Labute approximate surface area is 119 Å². The molecule has 1 amide bonds. The molecule has 2 aliphatic heterocycles. The summed E-state index contributed by atoms with van der Waals surface area (Å²) in [5.74, 6) is 1.17. The summed E-state index contributed by atoms with van der Waals surface area (Å²) >= 11 is 0. The quantitative estimate of drug-likeness (QED) is 0.873. The van der Waals surface area contributed by atoms with Gasteiger partial charge in [0.15, 0.2) is 5.69 Å². The van der Waals surface area contributed by atoms with Gasteiger partial charge < -0.3 is 10.2 Å². The van der Waals surface area contributed by atoms with Crippen LogP contribution in [-0.4, -0.2) is 52.0 Å². The Morgan fingerprint density at radius 3 is 2.55 bits per heavy atom. The molecule has 0 radical (unpaired) electrons. The van der Waals surface area contributed by atoms with Crippen molar-refractivity contribution in [3.8, 4) is 0 Å². The predicted molar refractivity (Wildman–Crippen MR) is 75.4 cm³/mol. The Hall–Kier alpha value is -1.43. The molecule has 6 heteroatoms. The molecule has 6 nitrogen and oxygen atoms in total. The van der Waals surface area contributed by atoms with Crippen molar-refractivity contribution in [3.63, 3.8) is 0 Å². The lowest BCUT2D eigenvalue weighted by Crippen LogP contribution is -2.30. The SMILES string of the molecule is CC1CN(C(=O)c2cn(C3CCNCC3)nn2)CC1C. The van der Waals surface area contributed by atoms with Gasteiger partial charge in [0.1, 0.15) is 0 Å². The van der Waals surface area contributed by atoms with Crippen LogP contribution in [0.4, 0.5) is 0 Å². The number of piperidine rings is 1. The highest BCUT2D eigenvalue weighted by molar-refractivity contribution is 5.92. The average molecular weight is 277 g/mol. The first-order valence-electron chi connectivity index (χ1n) is 7.57. The molecule has 0 aromatic carbocycles. The summed E-state index contributed by atoms with van der Waals surface area (Å²) in [6, 6.07) is 0.377. The van der Waals surface area contributed by atoms with E-state index in [4.69, 9.17) is 0 Å². The lowest BCUT2D eigenvalue weighted by molar-refractivity contribution is 0.0779. The standard InChI is InChI=1S/C14H23N5O/c1-10-7-18(8-11(10)2)14(20)13-9-19(17-16-13)12-3-5-15-6-4-12/h9-12,15H,3-8H2,1-2H3. The average Bonchev–Trinajstić information content (AvgIpc) is 3.07. The second-order valence-corrected chi connectivity index (χ2v) is 6.23. The van der Waals surface area contributed by atoms with Crippen LogP contribution < -0.4 is 5.32 Å². The molecule has 0 aliphatic carbocycles.